The molecule has 0 radical (unpaired) electrons. The molecular weight excluding hydrogens is 246 g/mol. The van der Waals surface area contributed by atoms with Crippen molar-refractivity contribution in [2.24, 2.45) is 0 Å². The van der Waals surface area contributed by atoms with Crippen LogP contribution in [0.2, 0.25) is 0 Å². The number of hydrogen-bond donors (Lipinski definition) is 1. The number of hydrogen-bond acceptors (Lipinski definition) is 5. The van der Waals surface area contributed by atoms with E-state index in [-0.39, 0.29) is 18.4 Å². The summed E-state index contributed by atoms with van der Waals surface area (Å²) in [4.78, 5) is 3.62. The second-order valence-electron chi connectivity index (χ2n) is 4.94. The van der Waals surface area contributed by atoms with Crippen LogP contribution >= 0.6 is 0 Å². The van der Waals surface area contributed by atoms with E-state index in [1.807, 2.05) is 6.92 Å². The number of aliphatic hydroxyl groups is 1. The van der Waals surface area contributed by atoms with Gasteiger partial charge in [-0.25, -0.2) is 0 Å². The van der Waals surface area contributed by atoms with Crippen LogP contribution in [0, 0.1) is 0 Å². The minimum absolute atomic E-state index is 0.0307. The topological polar surface area (TPSA) is 68.4 Å². The number of alkyl halides is 2. The summed E-state index contributed by atoms with van der Waals surface area (Å²) in [7, 11) is 0. The molecule has 102 valence electrons. The smallest absolute Gasteiger partial charge is 0.307 e. The van der Waals surface area contributed by atoms with Gasteiger partial charge in [-0.2, -0.15) is 13.8 Å². The Morgan fingerprint density at radius 3 is 2.83 bits per heavy atom. The van der Waals surface area contributed by atoms with Gasteiger partial charge in [-0.1, -0.05) is 5.16 Å². The van der Waals surface area contributed by atoms with Crippen LogP contribution in [0.1, 0.15) is 38.4 Å². The average Bonchev–Trinajstić information content (AvgIpc) is 2.64. The average molecular weight is 262 g/mol. The van der Waals surface area contributed by atoms with Gasteiger partial charge in [0.25, 0.3) is 0 Å². The maximum absolute atomic E-state index is 12.9. The van der Waals surface area contributed by atoms with Crippen LogP contribution < -0.4 is 0 Å². The molecule has 1 aliphatic rings. The number of aromatic nitrogens is 2. The van der Waals surface area contributed by atoms with Crippen molar-refractivity contribution < 1.29 is 23.1 Å². The van der Waals surface area contributed by atoms with E-state index >= 15 is 0 Å². The summed E-state index contributed by atoms with van der Waals surface area (Å²) < 4.78 is 35.9. The largest absolute Gasteiger partial charge is 0.389 e. The highest BCUT2D eigenvalue weighted by Crippen LogP contribution is 2.29. The SMILES string of the molecule is CC1CC(O)(Cc2nc(C(C)(F)F)no2)CCO1. The Balaban J connectivity index is 2.07. The molecule has 0 bridgehead atoms. The number of nitrogens with zero attached hydrogens (tertiary/aromatic N) is 2. The molecule has 1 N–H and O–H groups in total. The van der Waals surface area contributed by atoms with Crippen LogP contribution in [0.3, 0.4) is 0 Å². The van der Waals surface area contributed by atoms with Gasteiger partial charge in [-0.05, 0) is 6.92 Å². The monoisotopic (exact) mass is 262 g/mol. The predicted molar refractivity (Wildman–Crippen MR) is 57.2 cm³/mol. The van der Waals surface area contributed by atoms with Crippen LogP contribution in [-0.4, -0.2) is 33.6 Å². The van der Waals surface area contributed by atoms with Crippen molar-refractivity contribution in [3.05, 3.63) is 11.7 Å². The Morgan fingerprint density at radius 1 is 1.56 bits per heavy atom. The molecule has 0 aliphatic carbocycles. The first kappa shape index (κ1) is 13.4. The van der Waals surface area contributed by atoms with Crippen molar-refractivity contribution >= 4 is 0 Å². The molecule has 2 rings (SSSR count). The number of rotatable bonds is 3. The maximum Gasteiger partial charge on any atom is 0.307 e. The molecule has 0 amide bonds. The van der Waals surface area contributed by atoms with Crippen LogP contribution in [0.25, 0.3) is 0 Å². The van der Waals surface area contributed by atoms with Crippen LogP contribution in [0.4, 0.5) is 8.78 Å². The quantitative estimate of drug-likeness (QED) is 0.897. The third-order valence-corrected chi connectivity index (χ3v) is 2.98. The summed E-state index contributed by atoms with van der Waals surface area (Å²) in [6, 6.07) is 0. The van der Waals surface area contributed by atoms with Gasteiger partial charge in [0.15, 0.2) is 0 Å². The van der Waals surface area contributed by atoms with Crippen molar-refractivity contribution in [3.63, 3.8) is 0 Å². The number of halogens is 2. The minimum atomic E-state index is -3.13. The lowest BCUT2D eigenvalue weighted by Crippen LogP contribution is -2.41. The van der Waals surface area contributed by atoms with Gasteiger partial charge in [-0.15, -0.1) is 0 Å². The Kier molecular flexibility index (Phi) is 3.37. The van der Waals surface area contributed by atoms with Gasteiger partial charge in [0, 0.05) is 26.4 Å². The third-order valence-electron chi connectivity index (χ3n) is 2.98. The van der Waals surface area contributed by atoms with E-state index in [1.54, 1.807) is 0 Å². The fourth-order valence-corrected chi connectivity index (χ4v) is 2.09. The standard InChI is InChI=1S/C11H16F2N2O3/c1-7-5-11(16,3-4-17-7)6-8-14-9(15-18-8)10(2,12)13/h7,16H,3-6H2,1-2H3. The van der Waals surface area contributed by atoms with Crippen molar-refractivity contribution in [2.75, 3.05) is 6.61 Å². The first-order chi connectivity index (χ1) is 8.28. The lowest BCUT2D eigenvalue weighted by atomic mass is 9.88. The molecule has 1 fully saturated rings. The zero-order valence-electron chi connectivity index (χ0n) is 10.3. The molecule has 0 aromatic carbocycles. The lowest BCUT2D eigenvalue weighted by molar-refractivity contribution is -0.0987. The van der Waals surface area contributed by atoms with Crippen molar-refractivity contribution in [2.45, 2.75) is 50.7 Å². The Bertz CT molecular complexity index is 419. The maximum atomic E-state index is 12.9. The fourth-order valence-electron chi connectivity index (χ4n) is 2.09. The van der Waals surface area contributed by atoms with Gasteiger partial charge in [0.2, 0.25) is 11.7 Å². The summed E-state index contributed by atoms with van der Waals surface area (Å²) in [5.74, 6) is -3.75. The zero-order valence-corrected chi connectivity index (χ0v) is 10.3. The van der Waals surface area contributed by atoms with Crippen LogP contribution in [0.5, 0.6) is 0 Å². The van der Waals surface area contributed by atoms with E-state index < -0.39 is 17.3 Å². The second-order valence-corrected chi connectivity index (χ2v) is 4.94. The van der Waals surface area contributed by atoms with E-state index in [1.165, 1.54) is 0 Å². The summed E-state index contributed by atoms with van der Waals surface area (Å²) in [6.45, 7) is 2.99. The molecule has 0 saturated carbocycles. The molecule has 1 aromatic heterocycles. The van der Waals surface area contributed by atoms with E-state index in [4.69, 9.17) is 9.26 Å². The van der Waals surface area contributed by atoms with Crippen LogP contribution in [-0.2, 0) is 17.1 Å². The fraction of sp³-hybridized carbons (Fsp3) is 0.818. The Morgan fingerprint density at radius 2 is 2.28 bits per heavy atom. The summed E-state index contributed by atoms with van der Waals surface area (Å²) in [6.07, 6.45) is 0.855. The highest BCUT2D eigenvalue weighted by Gasteiger charge is 2.37. The molecule has 0 spiro atoms. The van der Waals surface area contributed by atoms with Gasteiger partial charge >= 0.3 is 5.92 Å². The van der Waals surface area contributed by atoms with E-state index in [2.05, 4.69) is 10.1 Å². The summed E-state index contributed by atoms with van der Waals surface area (Å²) >= 11 is 0. The second kappa shape index (κ2) is 4.55. The molecule has 1 aliphatic heterocycles. The molecule has 2 heterocycles. The Hall–Kier alpha value is -1.08. The normalized spacial score (nSPS) is 29.5. The lowest BCUT2D eigenvalue weighted by Gasteiger charge is -2.34. The molecule has 18 heavy (non-hydrogen) atoms. The number of ether oxygens (including phenoxy) is 1. The molecule has 1 saturated heterocycles. The molecule has 2 atom stereocenters. The van der Waals surface area contributed by atoms with Crippen molar-refractivity contribution in [3.8, 4) is 0 Å². The molecule has 2 unspecified atom stereocenters. The van der Waals surface area contributed by atoms with Gasteiger partial charge in [0.1, 0.15) is 0 Å². The van der Waals surface area contributed by atoms with Gasteiger partial charge < -0.3 is 14.4 Å². The van der Waals surface area contributed by atoms with Crippen molar-refractivity contribution in [1.29, 1.82) is 0 Å². The molecular formula is C11H16F2N2O3. The highest BCUT2D eigenvalue weighted by atomic mass is 19.3. The molecule has 5 nitrogen and oxygen atoms in total. The van der Waals surface area contributed by atoms with Gasteiger partial charge in [-0.3, -0.25) is 0 Å². The minimum Gasteiger partial charge on any atom is -0.389 e. The summed E-state index contributed by atoms with van der Waals surface area (Å²) in [5, 5.41) is 13.5. The first-order valence-corrected chi connectivity index (χ1v) is 5.83. The summed E-state index contributed by atoms with van der Waals surface area (Å²) in [5.41, 5.74) is -1.02. The Labute approximate surface area is 103 Å². The zero-order chi connectivity index (χ0) is 13.4. The van der Waals surface area contributed by atoms with Crippen molar-refractivity contribution in [1.82, 2.24) is 10.1 Å². The van der Waals surface area contributed by atoms with Gasteiger partial charge in [0.05, 0.1) is 18.1 Å². The van der Waals surface area contributed by atoms with E-state index in [0.29, 0.717) is 26.4 Å². The first-order valence-electron chi connectivity index (χ1n) is 5.83. The third kappa shape index (κ3) is 3.02. The molecule has 1 aromatic rings. The predicted octanol–water partition coefficient (Wildman–Crippen LogP) is 1.65. The van der Waals surface area contributed by atoms with E-state index in [0.717, 1.165) is 0 Å². The van der Waals surface area contributed by atoms with E-state index in [9.17, 15) is 13.9 Å². The molecule has 7 heteroatoms. The highest BCUT2D eigenvalue weighted by molar-refractivity contribution is 4.98. The van der Waals surface area contributed by atoms with Crippen LogP contribution in [0.15, 0.2) is 4.52 Å².